The molecule has 0 spiro atoms. The molecule has 0 saturated carbocycles. The lowest BCUT2D eigenvalue weighted by Gasteiger charge is -2.31. The molecule has 0 aromatic heterocycles. The molecule has 1 aliphatic carbocycles. The molecule has 1 atom stereocenters. The molecule has 0 radical (unpaired) electrons. The molecule has 14 heavy (non-hydrogen) atoms. The summed E-state index contributed by atoms with van der Waals surface area (Å²) in [6.07, 6.45) is 5.84. The van der Waals surface area contributed by atoms with Gasteiger partial charge in [0, 0.05) is 6.42 Å². The summed E-state index contributed by atoms with van der Waals surface area (Å²) >= 11 is 0. The number of hydrogen-bond acceptors (Lipinski definition) is 1. The standard InChI is InChI=1S/C13H20O/c1-10(6-5-9-14)12-8-7-11(2)13(12,3)4/h7,9,12H,1,5-6,8H2,2-4H3/t12-/m0/s1. The minimum absolute atomic E-state index is 0.236. The van der Waals surface area contributed by atoms with E-state index in [2.05, 4.69) is 33.4 Å². The van der Waals surface area contributed by atoms with Gasteiger partial charge in [-0.05, 0) is 31.1 Å². The van der Waals surface area contributed by atoms with Crippen molar-refractivity contribution in [3.63, 3.8) is 0 Å². The molecule has 0 aromatic rings. The highest BCUT2D eigenvalue weighted by molar-refractivity contribution is 5.50. The third kappa shape index (κ3) is 1.97. The molecule has 0 aliphatic heterocycles. The number of hydrogen-bond donors (Lipinski definition) is 0. The van der Waals surface area contributed by atoms with Gasteiger partial charge in [-0.15, -0.1) is 0 Å². The topological polar surface area (TPSA) is 17.1 Å². The van der Waals surface area contributed by atoms with E-state index >= 15 is 0 Å². The summed E-state index contributed by atoms with van der Waals surface area (Å²) in [6, 6.07) is 0. The summed E-state index contributed by atoms with van der Waals surface area (Å²) < 4.78 is 0. The first-order valence-corrected chi connectivity index (χ1v) is 5.28. The molecule has 0 saturated heterocycles. The first-order valence-electron chi connectivity index (χ1n) is 5.28. The van der Waals surface area contributed by atoms with Gasteiger partial charge in [0.1, 0.15) is 6.29 Å². The van der Waals surface area contributed by atoms with Crippen molar-refractivity contribution in [2.75, 3.05) is 0 Å². The van der Waals surface area contributed by atoms with Crippen LogP contribution in [-0.4, -0.2) is 6.29 Å². The van der Waals surface area contributed by atoms with Gasteiger partial charge in [-0.1, -0.05) is 37.6 Å². The lowest BCUT2D eigenvalue weighted by molar-refractivity contribution is -0.107. The Hall–Kier alpha value is -0.850. The lowest BCUT2D eigenvalue weighted by Crippen LogP contribution is -2.21. The third-order valence-corrected chi connectivity index (χ3v) is 3.62. The molecule has 0 amide bonds. The summed E-state index contributed by atoms with van der Waals surface area (Å²) in [7, 11) is 0. The molecule has 1 aliphatic rings. The van der Waals surface area contributed by atoms with Gasteiger partial charge in [0.05, 0.1) is 0 Å². The molecule has 0 fully saturated rings. The van der Waals surface area contributed by atoms with Crippen LogP contribution >= 0.6 is 0 Å². The minimum atomic E-state index is 0.236. The van der Waals surface area contributed by atoms with Gasteiger partial charge in [0.2, 0.25) is 0 Å². The SMILES string of the molecule is C=C(CCC=O)[C@@H]1CC=C(C)C1(C)C. The van der Waals surface area contributed by atoms with Gasteiger partial charge in [0.25, 0.3) is 0 Å². The average Bonchev–Trinajstić information content (AvgIpc) is 2.38. The number of carbonyl (C=O) groups is 1. The Labute approximate surface area is 86.9 Å². The van der Waals surface area contributed by atoms with Crippen LogP contribution in [0.15, 0.2) is 23.8 Å². The Balaban J connectivity index is 2.64. The van der Waals surface area contributed by atoms with Crippen LogP contribution in [0, 0.1) is 11.3 Å². The van der Waals surface area contributed by atoms with Crippen LogP contribution in [0.2, 0.25) is 0 Å². The van der Waals surface area contributed by atoms with E-state index in [9.17, 15) is 4.79 Å². The van der Waals surface area contributed by atoms with Crippen LogP contribution < -0.4 is 0 Å². The van der Waals surface area contributed by atoms with Crippen molar-refractivity contribution in [1.29, 1.82) is 0 Å². The van der Waals surface area contributed by atoms with E-state index in [0.29, 0.717) is 12.3 Å². The van der Waals surface area contributed by atoms with Crippen molar-refractivity contribution in [3.05, 3.63) is 23.8 Å². The predicted octanol–water partition coefficient (Wildman–Crippen LogP) is 3.51. The van der Waals surface area contributed by atoms with Crippen LogP contribution in [0.5, 0.6) is 0 Å². The van der Waals surface area contributed by atoms with E-state index in [1.165, 1.54) is 11.1 Å². The zero-order chi connectivity index (χ0) is 10.8. The molecule has 1 heteroatoms. The van der Waals surface area contributed by atoms with Gasteiger partial charge < -0.3 is 4.79 Å². The summed E-state index contributed by atoms with van der Waals surface area (Å²) in [6.45, 7) is 10.8. The molecular formula is C13H20O. The molecule has 0 aromatic carbocycles. The van der Waals surface area contributed by atoms with Crippen molar-refractivity contribution in [2.24, 2.45) is 11.3 Å². The Bertz CT molecular complexity index is 271. The Morgan fingerprint density at radius 3 is 2.79 bits per heavy atom. The predicted molar refractivity (Wildman–Crippen MR) is 60.1 cm³/mol. The Morgan fingerprint density at radius 2 is 2.36 bits per heavy atom. The minimum Gasteiger partial charge on any atom is -0.303 e. The average molecular weight is 192 g/mol. The molecule has 0 N–H and O–H groups in total. The summed E-state index contributed by atoms with van der Waals surface area (Å²) in [5.41, 5.74) is 2.92. The summed E-state index contributed by atoms with van der Waals surface area (Å²) in [4.78, 5) is 10.3. The maximum absolute atomic E-state index is 10.3. The Morgan fingerprint density at radius 1 is 1.71 bits per heavy atom. The normalized spacial score (nSPS) is 24.5. The van der Waals surface area contributed by atoms with Gasteiger partial charge in [-0.3, -0.25) is 0 Å². The largest absolute Gasteiger partial charge is 0.303 e. The van der Waals surface area contributed by atoms with E-state index in [1.54, 1.807) is 0 Å². The number of rotatable bonds is 4. The number of aldehydes is 1. The van der Waals surface area contributed by atoms with Crippen LogP contribution in [0.1, 0.15) is 40.0 Å². The second-order valence-corrected chi connectivity index (χ2v) is 4.76. The third-order valence-electron chi connectivity index (χ3n) is 3.62. The second-order valence-electron chi connectivity index (χ2n) is 4.76. The maximum Gasteiger partial charge on any atom is 0.120 e. The van der Waals surface area contributed by atoms with Crippen LogP contribution in [0.4, 0.5) is 0 Å². The molecular weight excluding hydrogens is 172 g/mol. The van der Waals surface area contributed by atoms with Gasteiger partial charge in [0.15, 0.2) is 0 Å². The zero-order valence-corrected chi connectivity index (χ0v) is 9.47. The van der Waals surface area contributed by atoms with Crippen LogP contribution in [-0.2, 0) is 4.79 Å². The van der Waals surface area contributed by atoms with Crippen molar-refractivity contribution in [3.8, 4) is 0 Å². The molecule has 0 unspecified atom stereocenters. The number of allylic oxidation sites excluding steroid dienone is 3. The molecule has 0 bridgehead atoms. The van der Waals surface area contributed by atoms with Crippen LogP contribution in [0.25, 0.3) is 0 Å². The number of carbonyl (C=O) groups excluding carboxylic acids is 1. The highest BCUT2D eigenvalue weighted by Gasteiger charge is 2.35. The van der Waals surface area contributed by atoms with Crippen molar-refractivity contribution in [2.45, 2.75) is 40.0 Å². The summed E-state index contributed by atoms with van der Waals surface area (Å²) in [5, 5.41) is 0. The van der Waals surface area contributed by atoms with E-state index in [1.807, 2.05) is 0 Å². The van der Waals surface area contributed by atoms with Crippen LogP contribution in [0.3, 0.4) is 0 Å². The molecule has 1 nitrogen and oxygen atoms in total. The lowest BCUT2D eigenvalue weighted by atomic mass is 9.73. The first-order chi connectivity index (χ1) is 6.50. The van der Waals surface area contributed by atoms with Crippen molar-refractivity contribution >= 4 is 6.29 Å². The Kier molecular flexibility index (Phi) is 3.30. The smallest absolute Gasteiger partial charge is 0.120 e. The van der Waals surface area contributed by atoms with Gasteiger partial charge in [-0.25, -0.2) is 0 Å². The monoisotopic (exact) mass is 192 g/mol. The second kappa shape index (κ2) is 4.12. The molecule has 1 rings (SSSR count). The van der Waals surface area contributed by atoms with Crippen molar-refractivity contribution in [1.82, 2.24) is 0 Å². The van der Waals surface area contributed by atoms with Gasteiger partial charge in [-0.2, -0.15) is 0 Å². The van der Waals surface area contributed by atoms with E-state index in [0.717, 1.165) is 19.1 Å². The van der Waals surface area contributed by atoms with E-state index in [4.69, 9.17) is 0 Å². The van der Waals surface area contributed by atoms with E-state index in [-0.39, 0.29) is 5.41 Å². The highest BCUT2D eigenvalue weighted by Crippen LogP contribution is 2.46. The zero-order valence-electron chi connectivity index (χ0n) is 9.47. The van der Waals surface area contributed by atoms with Gasteiger partial charge >= 0.3 is 0 Å². The fourth-order valence-corrected chi connectivity index (χ4v) is 2.22. The molecule has 0 heterocycles. The fourth-order valence-electron chi connectivity index (χ4n) is 2.22. The van der Waals surface area contributed by atoms with E-state index < -0.39 is 0 Å². The summed E-state index contributed by atoms with van der Waals surface area (Å²) in [5.74, 6) is 0.530. The fraction of sp³-hybridized carbons (Fsp3) is 0.615. The first kappa shape index (κ1) is 11.2. The molecule has 78 valence electrons. The highest BCUT2D eigenvalue weighted by atomic mass is 16.1. The van der Waals surface area contributed by atoms with Crippen molar-refractivity contribution < 1.29 is 4.79 Å². The quantitative estimate of drug-likeness (QED) is 0.492. The maximum atomic E-state index is 10.3.